The van der Waals surface area contributed by atoms with Gasteiger partial charge >= 0.3 is 0 Å². The predicted octanol–water partition coefficient (Wildman–Crippen LogP) is 5.62. The van der Waals surface area contributed by atoms with Gasteiger partial charge in [-0.15, -0.1) is 0 Å². The lowest BCUT2D eigenvalue weighted by Gasteiger charge is -2.33. The van der Waals surface area contributed by atoms with Crippen LogP contribution in [0.3, 0.4) is 0 Å². The fraction of sp³-hybridized carbons (Fsp3) is 0.394. The molecule has 3 aromatic rings. The minimum absolute atomic E-state index is 0.0572. The van der Waals surface area contributed by atoms with Crippen molar-refractivity contribution in [1.82, 2.24) is 10.2 Å². The van der Waals surface area contributed by atoms with E-state index in [0.717, 1.165) is 33.8 Å². The Bertz CT molecular complexity index is 1440. The van der Waals surface area contributed by atoms with Crippen LogP contribution in [0.4, 0.5) is 5.69 Å². The Labute approximate surface area is 250 Å². The first-order chi connectivity index (χ1) is 20.1. The first-order valence-corrected chi connectivity index (χ1v) is 16.0. The summed E-state index contributed by atoms with van der Waals surface area (Å²) in [6.45, 7) is 10.0. The van der Waals surface area contributed by atoms with Crippen molar-refractivity contribution in [3.05, 3.63) is 89.5 Å². The normalized spacial score (nSPS) is 11.9. The van der Waals surface area contributed by atoms with Gasteiger partial charge in [0.1, 0.15) is 18.3 Å². The SMILES string of the molecule is CCCCNC(=O)[C@H](CC)N(Cc1cccc(C)c1)C(=O)CN(c1ccccc1OCC)S(=O)(=O)c1ccc(C)cc1. The average Bonchev–Trinajstić information content (AvgIpc) is 2.96. The van der Waals surface area contributed by atoms with Crippen LogP contribution in [0.15, 0.2) is 77.7 Å². The van der Waals surface area contributed by atoms with Crippen LogP contribution < -0.4 is 14.4 Å². The van der Waals surface area contributed by atoms with Crippen LogP contribution in [-0.4, -0.2) is 50.9 Å². The van der Waals surface area contributed by atoms with E-state index in [-0.39, 0.29) is 23.0 Å². The molecule has 0 unspecified atom stereocenters. The number of benzene rings is 3. The summed E-state index contributed by atoms with van der Waals surface area (Å²) in [4.78, 5) is 29.1. The average molecular weight is 594 g/mol. The number of nitrogens with one attached hydrogen (secondary N) is 1. The van der Waals surface area contributed by atoms with Crippen molar-refractivity contribution in [3.63, 3.8) is 0 Å². The van der Waals surface area contributed by atoms with Gasteiger partial charge in [-0.2, -0.15) is 0 Å². The Morgan fingerprint density at radius 3 is 2.26 bits per heavy atom. The summed E-state index contributed by atoms with van der Waals surface area (Å²) in [6, 6.07) is 20.2. The summed E-state index contributed by atoms with van der Waals surface area (Å²) >= 11 is 0. The van der Waals surface area contributed by atoms with E-state index in [1.165, 1.54) is 17.0 Å². The molecule has 9 heteroatoms. The van der Waals surface area contributed by atoms with Crippen molar-refractivity contribution in [2.75, 3.05) is 24.0 Å². The third kappa shape index (κ3) is 8.35. The summed E-state index contributed by atoms with van der Waals surface area (Å²) in [5.74, 6) is -0.399. The number of carbonyl (C=O) groups excluding carboxylic acids is 2. The zero-order valence-corrected chi connectivity index (χ0v) is 26.1. The second-order valence-electron chi connectivity index (χ2n) is 10.3. The Morgan fingerprint density at radius 1 is 0.905 bits per heavy atom. The molecule has 0 heterocycles. The van der Waals surface area contributed by atoms with Crippen molar-refractivity contribution in [1.29, 1.82) is 0 Å². The molecule has 42 heavy (non-hydrogen) atoms. The number of hydrogen-bond donors (Lipinski definition) is 1. The van der Waals surface area contributed by atoms with E-state index in [4.69, 9.17) is 4.74 Å². The largest absolute Gasteiger partial charge is 0.492 e. The highest BCUT2D eigenvalue weighted by Gasteiger charge is 2.34. The van der Waals surface area contributed by atoms with Crippen LogP contribution >= 0.6 is 0 Å². The van der Waals surface area contributed by atoms with Gasteiger partial charge in [-0.1, -0.05) is 79.9 Å². The zero-order chi connectivity index (χ0) is 30.7. The number of para-hydroxylation sites is 2. The number of anilines is 1. The topological polar surface area (TPSA) is 96.0 Å². The predicted molar refractivity (Wildman–Crippen MR) is 167 cm³/mol. The van der Waals surface area contributed by atoms with E-state index in [1.807, 2.05) is 58.9 Å². The van der Waals surface area contributed by atoms with Crippen molar-refractivity contribution < 1.29 is 22.7 Å². The monoisotopic (exact) mass is 593 g/mol. The van der Waals surface area contributed by atoms with Crippen LogP contribution in [0.2, 0.25) is 0 Å². The Hall–Kier alpha value is -3.85. The third-order valence-corrected chi connectivity index (χ3v) is 8.75. The number of nitrogens with zero attached hydrogens (tertiary/aromatic N) is 2. The quantitative estimate of drug-likeness (QED) is 0.231. The lowest BCUT2D eigenvalue weighted by molar-refractivity contribution is -0.140. The highest BCUT2D eigenvalue weighted by atomic mass is 32.2. The number of rotatable bonds is 15. The summed E-state index contributed by atoms with van der Waals surface area (Å²) in [7, 11) is -4.18. The molecule has 0 saturated carbocycles. The summed E-state index contributed by atoms with van der Waals surface area (Å²) < 4.78 is 35.1. The molecule has 2 amide bonds. The minimum Gasteiger partial charge on any atom is -0.492 e. The molecule has 226 valence electrons. The van der Waals surface area contributed by atoms with Gasteiger partial charge in [-0.05, 0) is 63.4 Å². The molecular formula is C33H43N3O5S. The number of aryl methyl sites for hydroxylation is 2. The number of carbonyl (C=O) groups is 2. The number of unbranched alkanes of at least 4 members (excludes halogenated alkanes) is 1. The molecule has 0 saturated heterocycles. The van der Waals surface area contributed by atoms with Crippen LogP contribution in [-0.2, 0) is 26.2 Å². The fourth-order valence-electron chi connectivity index (χ4n) is 4.72. The van der Waals surface area contributed by atoms with Crippen molar-refractivity contribution >= 4 is 27.5 Å². The molecule has 0 spiro atoms. The molecule has 1 atom stereocenters. The molecule has 0 aromatic heterocycles. The first-order valence-electron chi connectivity index (χ1n) is 14.6. The maximum absolute atomic E-state index is 14.3. The van der Waals surface area contributed by atoms with Crippen LogP contribution in [0, 0.1) is 13.8 Å². The summed E-state index contributed by atoms with van der Waals surface area (Å²) in [6.07, 6.45) is 2.12. The van der Waals surface area contributed by atoms with Crippen molar-refractivity contribution in [2.45, 2.75) is 71.4 Å². The van der Waals surface area contributed by atoms with Gasteiger partial charge in [0.25, 0.3) is 10.0 Å². The molecule has 0 radical (unpaired) electrons. The molecular weight excluding hydrogens is 550 g/mol. The van der Waals surface area contributed by atoms with Gasteiger partial charge < -0.3 is 15.0 Å². The standard InChI is InChI=1S/C33H43N3O5S/c1-6-9-21-34-33(38)29(7-2)35(23-27-14-12-13-26(5)22-27)32(37)24-36(30-15-10-11-16-31(30)41-8-3)42(39,40)28-19-17-25(4)18-20-28/h10-20,22,29H,6-9,21,23-24H2,1-5H3,(H,34,38)/t29-/m0/s1. The van der Waals surface area contributed by atoms with E-state index in [9.17, 15) is 18.0 Å². The highest BCUT2D eigenvalue weighted by Crippen LogP contribution is 2.33. The van der Waals surface area contributed by atoms with Crippen molar-refractivity contribution in [3.8, 4) is 5.75 Å². The summed E-state index contributed by atoms with van der Waals surface area (Å²) in [5.41, 5.74) is 3.04. The molecule has 3 rings (SSSR count). The molecule has 0 aliphatic heterocycles. The lowest BCUT2D eigenvalue weighted by Crippen LogP contribution is -2.52. The maximum Gasteiger partial charge on any atom is 0.264 e. The minimum atomic E-state index is -4.18. The van der Waals surface area contributed by atoms with Crippen LogP contribution in [0.5, 0.6) is 5.75 Å². The lowest BCUT2D eigenvalue weighted by atomic mass is 10.1. The smallest absolute Gasteiger partial charge is 0.264 e. The van der Waals surface area contributed by atoms with Gasteiger partial charge in [-0.25, -0.2) is 8.42 Å². The first kappa shape index (κ1) is 32.7. The van der Waals surface area contributed by atoms with E-state index < -0.39 is 28.5 Å². The maximum atomic E-state index is 14.3. The van der Waals surface area contributed by atoms with Crippen molar-refractivity contribution in [2.24, 2.45) is 0 Å². The van der Waals surface area contributed by atoms with E-state index in [2.05, 4.69) is 5.32 Å². The van der Waals surface area contributed by atoms with Crippen LogP contribution in [0.25, 0.3) is 0 Å². The van der Waals surface area contributed by atoms with E-state index in [1.54, 1.807) is 36.4 Å². The van der Waals surface area contributed by atoms with Gasteiger partial charge in [0.05, 0.1) is 17.2 Å². The van der Waals surface area contributed by atoms with E-state index >= 15 is 0 Å². The second kappa shape index (κ2) is 15.4. The number of ether oxygens (including phenoxy) is 1. The molecule has 3 aromatic carbocycles. The van der Waals surface area contributed by atoms with Crippen LogP contribution in [0.1, 0.15) is 56.7 Å². The third-order valence-electron chi connectivity index (χ3n) is 6.97. The zero-order valence-electron chi connectivity index (χ0n) is 25.3. The van der Waals surface area contributed by atoms with Gasteiger partial charge in [0.15, 0.2) is 0 Å². The van der Waals surface area contributed by atoms with Gasteiger partial charge in [0.2, 0.25) is 11.8 Å². The molecule has 0 fully saturated rings. The molecule has 0 bridgehead atoms. The van der Waals surface area contributed by atoms with Gasteiger partial charge in [-0.3, -0.25) is 13.9 Å². The Balaban J connectivity index is 2.09. The molecule has 8 nitrogen and oxygen atoms in total. The number of amides is 2. The fourth-order valence-corrected chi connectivity index (χ4v) is 6.15. The number of sulfonamides is 1. The molecule has 1 N–H and O–H groups in total. The molecule has 0 aliphatic carbocycles. The Kier molecular flexibility index (Phi) is 12.0. The molecule has 0 aliphatic rings. The Morgan fingerprint density at radius 2 is 1.62 bits per heavy atom. The summed E-state index contributed by atoms with van der Waals surface area (Å²) in [5, 5.41) is 2.95. The van der Waals surface area contributed by atoms with E-state index in [0.29, 0.717) is 25.3 Å². The number of hydrogen-bond acceptors (Lipinski definition) is 5. The highest BCUT2D eigenvalue weighted by molar-refractivity contribution is 7.92. The second-order valence-corrected chi connectivity index (χ2v) is 12.2. The van der Waals surface area contributed by atoms with Gasteiger partial charge in [0, 0.05) is 13.1 Å².